The molecule has 0 spiro atoms. The summed E-state index contributed by atoms with van der Waals surface area (Å²) >= 11 is 0. The molecule has 5 nitrogen and oxygen atoms in total. The molecule has 106 valence electrons. The summed E-state index contributed by atoms with van der Waals surface area (Å²) in [5.41, 5.74) is 7.55. The lowest BCUT2D eigenvalue weighted by atomic mass is 10.1. The minimum atomic E-state index is -0.452. The van der Waals surface area contributed by atoms with Crippen molar-refractivity contribution >= 4 is 11.6 Å². The van der Waals surface area contributed by atoms with Crippen LogP contribution >= 0.6 is 0 Å². The second-order valence-corrected chi connectivity index (χ2v) is 4.76. The van der Waals surface area contributed by atoms with Crippen molar-refractivity contribution in [3.63, 3.8) is 0 Å². The van der Waals surface area contributed by atoms with Gasteiger partial charge >= 0.3 is 0 Å². The Morgan fingerprint density at radius 3 is 3.05 bits per heavy atom. The van der Waals surface area contributed by atoms with E-state index in [4.69, 9.17) is 5.73 Å². The van der Waals surface area contributed by atoms with E-state index in [0.717, 1.165) is 24.2 Å². The number of hydrogen-bond acceptors (Lipinski definition) is 3. The van der Waals surface area contributed by atoms with Crippen molar-refractivity contribution in [2.24, 2.45) is 5.73 Å². The van der Waals surface area contributed by atoms with Crippen molar-refractivity contribution in [1.29, 1.82) is 0 Å². The lowest BCUT2D eigenvalue weighted by molar-refractivity contribution is -0.117. The molecule has 0 saturated heterocycles. The first-order valence-electron chi connectivity index (χ1n) is 6.85. The zero-order valence-corrected chi connectivity index (χ0v) is 11.6. The van der Waals surface area contributed by atoms with Crippen LogP contribution in [0.5, 0.6) is 0 Å². The molecular formula is C15H20N4O. The van der Waals surface area contributed by atoms with E-state index >= 15 is 0 Å². The first-order valence-corrected chi connectivity index (χ1v) is 6.85. The number of aromatic nitrogens is 2. The average molecular weight is 272 g/mol. The van der Waals surface area contributed by atoms with Gasteiger partial charge in [0.15, 0.2) is 0 Å². The molecule has 0 saturated carbocycles. The van der Waals surface area contributed by atoms with Crippen LogP contribution in [0.25, 0.3) is 5.69 Å². The van der Waals surface area contributed by atoms with E-state index in [1.54, 1.807) is 12.5 Å². The Morgan fingerprint density at radius 2 is 2.35 bits per heavy atom. The van der Waals surface area contributed by atoms with Crippen LogP contribution in [0.15, 0.2) is 43.0 Å². The number of nitrogens with zero attached hydrogens (tertiary/aromatic N) is 2. The summed E-state index contributed by atoms with van der Waals surface area (Å²) in [4.78, 5) is 16.0. The van der Waals surface area contributed by atoms with E-state index in [0.29, 0.717) is 6.42 Å². The molecule has 0 aliphatic heterocycles. The molecule has 1 amide bonds. The van der Waals surface area contributed by atoms with Crippen molar-refractivity contribution in [1.82, 2.24) is 9.55 Å². The highest BCUT2D eigenvalue weighted by atomic mass is 16.2. The highest BCUT2D eigenvalue weighted by Gasteiger charge is 2.12. The molecule has 1 aromatic heterocycles. The van der Waals surface area contributed by atoms with Crippen LogP contribution in [-0.2, 0) is 4.79 Å². The van der Waals surface area contributed by atoms with Crippen LogP contribution in [0.1, 0.15) is 26.2 Å². The van der Waals surface area contributed by atoms with E-state index in [2.05, 4.69) is 17.2 Å². The van der Waals surface area contributed by atoms with Crippen molar-refractivity contribution in [3.05, 3.63) is 43.0 Å². The molecule has 2 aromatic rings. The Balaban J connectivity index is 2.03. The van der Waals surface area contributed by atoms with Gasteiger partial charge in [-0.05, 0) is 24.6 Å². The van der Waals surface area contributed by atoms with Crippen LogP contribution in [-0.4, -0.2) is 21.5 Å². The smallest absolute Gasteiger partial charge is 0.241 e. The van der Waals surface area contributed by atoms with Crippen LogP contribution in [0, 0.1) is 0 Å². The second kappa shape index (κ2) is 6.86. The fourth-order valence-corrected chi connectivity index (χ4v) is 1.95. The van der Waals surface area contributed by atoms with Gasteiger partial charge in [0, 0.05) is 23.8 Å². The fourth-order valence-electron chi connectivity index (χ4n) is 1.95. The number of nitrogens with two attached hydrogens (primary N) is 1. The SMILES string of the molecule is CCCC[C@H](N)C(=O)Nc1cccc(-n2ccnc2)c1. The fraction of sp³-hybridized carbons (Fsp3) is 0.333. The van der Waals surface area contributed by atoms with Gasteiger partial charge in [0.2, 0.25) is 5.91 Å². The van der Waals surface area contributed by atoms with Gasteiger partial charge in [0.05, 0.1) is 12.4 Å². The van der Waals surface area contributed by atoms with Crippen LogP contribution in [0.4, 0.5) is 5.69 Å². The Hall–Kier alpha value is -2.14. The molecule has 2 rings (SSSR count). The Labute approximate surface area is 118 Å². The first-order chi connectivity index (χ1) is 9.70. The number of carbonyl (C=O) groups excluding carboxylic acids is 1. The molecule has 3 N–H and O–H groups in total. The highest BCUT2D eigenvalue weighted by Crippen LogP contribution is 2.15. The molecule has 1 heterocycles. The summed E-state index contributed by atoms with van der Waals surface area (Å²) in [6.45, 7) is 2.08. The molecule has 0 aliphatic rings. The topological polar surface area (TPSA) is 72.9 Å². The molecule has 0 bridgehead atoms. The molecule has 0 aliphatic carbocycles. The summed E-state index contributed by atoms with van der Waals surface area (Å²) in [5.74, 6) is -0.138. The monoisotopic (exact) mass is 272 g/mol. The Kier molecular flexibility index (Phi) is 4.90. The quantitative estimate of drug-likeness (QED) is 0.847. The van der Waals surface area contributed by atoms with Crippen molar-refractivity contribution in [3.8, 4) is 5.69 Å². The minimum Gasteiger partial charge on any atom is -0.325 e. The number of amides is 1. The number of carbonyl (C=O) groups is 1. The van der Waals surface area contributed by atoms with Gasteiger partial charge in [-0.15, -0.1) is 0 Å². The van der Waals surface area contributed by atoms with Gasteiger partial charge in [-0.1, -0.05) is 25.8 Å². The molecule has 0 fully saturated rings. The number of nitrogens with one attached hydrogen (secondary N) is 1. The number of anilines is 1. The molecule has 0 radical (unpaired) electrons. The molecule has 0 unspecified atom stereocenters. The van der Waals surface area contributed by atoms with Gasteiger partial charge in [-0.3, -0.25) is 4.79 Å². The zero-order valence-electron chi connectivity index (χ0n) is 11.6. The third-order valence-corrected chi connectivity index (χ3v) is 3.12. The number of benzene rings is 1. The standard InChI is InChI=1S/C15H20N4O/c1-2-3-7-14(16)15(20)18-12-5-4-6-13(10-12)19-9-8-17-11-19/h4-6,8-11,14H,2-3,7,16H2,1H3,(H,18,20)/t14-/m0/s1. The first kappa shape index (κ1) is 14.3. The third kappa shape index (κ3) is 3.68. The molecule has 1 atom stereocenters. The van der Waals surface area contributed by atoms with Crippen molar-refractivity contribution < 1.29 is 4.79 Å². The zero-order chi connectivity index (χ0) is 14.4. The summed E-state index contributed by atoms with van der Waals surface area (Å²) in [5, 5.41) is 2.86. The average Bonchev–Trinajstić information content (AvgIpc) is 2.99. The van der Waals surface area contributed by atoms with E-state index in [1.165, 1.54) is 0 Å². The van der Waals surface area contributed by atoms with Crippen LogP contribution < -0.4 is 11.1 Å². The van der Waals surface area contributed by atoms with Crippen molar-refractivity contribution in [2.45, 2.75) is 32.2 Å². The van der Waals surface area contributed by atoms with Crippen LogP contribution in [0.2, 0.25) is 0 Å². The minimum absolute atomic E-state index is 0.138. The summed E-state index contributed by atoms with van der Waals surface area (Å²) in [6.07, 6.45) is 8.00. The van der Waals surface area contributed by atoms with E-state index in [9.17, 15) is 4.79 Å². The number of unbranched alkanes of at least 4 members (excludes halogenated alkanes) is 1. The van der Waals surface area contributed by atoms with E-state index in [1.807, 2.05) is 35.0 Å². The Bertz CT molecular complexity index is 551. The summed E-state index contributed by atoms with van der Waals surface area (Å²) in [7, 11) is 0. The number of imidazole rings is 1. The second-order valence-electron chi connectivity index (χ2n) is 4.76. The highest BCUT2D eigenvalue weighted by molar-refractivity contribution is 5.94. The molecular weight excluding hydrogens is 252 g/mol. The van der Waals surface area contributed by atoms with Gasteiger partial charge in [-0.25, -0.2) is 4.98 Å². The molecule has 5 heteroatoms. The number of rotatable bonds is 6. The predicted octanol–water partition coefficient (Wildman–Crippen LogP) is 2.33. The van der Waals surface area contributed by atoms with E-state index < -0.39 is 6.04 Å². The summed E-state index contributed by atoms with van der Waals surface area (Å²) < 4.78 is 1.88. The Morgan fingerprint density at radius 1 is 1.50 bits per heavy atom. The van der Waals surface area contributed by atoms with Gasteiger partial charge in [0.1, 0.15) is 0 Å². The molecule has 20 heavy (non-hydrogen) atoms. The molecule has 1 aromatic carbocycles. The van der Waals surface area contributed by atoms with Gasteiger partial charge in [0.25, 0.3) is 0 Å². The van der Waals surface area contributed by atoms with Crippen LogP contribution in [0.3, 0.4) is 0 Å². The third-order valence-electron chi connectivity index (χ3n) is 3.12. The summed E-state index contributed by atoms with van der Waals surface area (Å²) in [6, 6.07) is 7.14. The van der Waals surface area contributed by atoms with Crippen molar-refractivity contribution in [2.75, 3.05) is 5.32 Å². The maximum Gasteiger partial charge on any atom is 0.241 e. The maximum absolute atomic E-state index is 12.0. The van der Waals surface area contributed by atoms with Gasteiger partial charge < -0.3 is 15.6 Å². The van der Waals surface area contributed by atoms with Gasteiger partial charge in [-0.2, -0.15) is 0 Å². The maximum atomic E-state index is 12.0. The number of hydrogen-bond donors (Lipinski definition) is 2. The normalized spacial score (nSPS) is 12.1. The predicted molar refractivity (Wildman–Crippen MR) is 79.7 cm³/mol. The lowest BCUT2D eigenvalue weighted by Gasteiger charge is -2.12. The van der Waals surface area contributed by atoms with E-state index in [-0.39, 0.29) is 5.91 Å². The lowest BCUT2D eigenvalue weighted by Crippen LogP contribution is -2.35. The largest absolute Gasteiger partial charge is 0.325 e.